The SMILES string of the molecule is CC(C)(N)CCC[C@H](N)C(N)=O. The van der Waals surface area contributed by atoms with Crippen molar-refractivity contribution in [3.05, 3.63) is 0 Å². The third-order valence-electron chi connectivity index (χ3n) is 1.70. The van der Waals surface area contributed by atoms with Gasteiger partial charge in [-0.3, -0.25) is 4.79 Å². The van der Waals surface area contributed by atoms with E-state index in [9.17, 15) is 4.79 Å². The average molecular weight is 173 g/mol. The molecular formula is C8H19N3O. The van der Waals surface area contributed by atoms with Crippen molar-refractivity contribution in [2.24, 2.45) is 17.2 Å². The van der Waals surface area contributed by atoms with Crippen molar-refractivity contribution in [2.75, 3.05) is 0 Å². The molecule has 0 aromatic carbocycles. The van der Waals surface area contributed by atoms with Crippen LogP contribution in [-0.2, 0) is 4.79 Å². The lowest BCUT2D eigenvalue weighted by atomic mass is 9.97. The first-order chi connectivity index (χ1) is 5.33. The van der Waals surface area contributed by atoms with Crippen LogP contribution in [0.5, 0.6) is 0 Å². The standard InChI is InChI=1S/C8H19N3O/c1-8(2,11)5-3-4-6(9)7(10)12/h6H,3-5,9,11H2,1-2H3,(H2,10,12)/t6-/m0/s1. The maximum Gasteiger partial charge on any atom is 0.234 e. The van der Waals surface area contributed by atoms with E-state index >= 15 is 0 Å². The molecule has 1 amide bonds. The summed E-state index contributed by atoms with van der Waals surface area (Å²) in [6, 6.07) is -0.521. The van der Waals surface area contributed by atoms with Gasteiger partial charge in [0.05, 0.1) is 6.04 Å². The van der Waals surface area contributed by atoms with E-state index in [-0.39, 0.29) is 5.54 Å². The Kier molecular flexibility index (Phi) is 4.20. The molecule has 4 nitrogen and oxygen atoms in total. The van der Waals surface area contributed by atoms with E-state index < -0.39 is 11.9 Å². The monoisotopic (exact) mass is 173 g/mol. The average Bonchev–Trinajstić information content (AvgIpc) is 1.84. The van der Waals surface area contributed by atoms with Crippen molar-refractivity contribution in [3.63, 3.8) is 0 Å². The molecule has 6 N–H and O–H groups in total. The largest absolute Gasteiger partial charge is 0.368 e. The normalized spacial score (nSPS) is 14.3. The summed E-state index contributed by atoms with van der Waals surface area (Å²) in [6.45, 7) is 3.89. The number of carbonyl (C=O) groups excluding carboxylic acids is 1. The second-order valence-electron chi connectivity index (χ2n) is 3.89. The minimum absolute atomic E-state index is 0.183. The lowest BCUT2D eigenvalue weighted by Gasteiger charge is -2.18. The molecule has 72 valence electrons. The zero-order valence-corrected chi connectivity index (χ0v) is 7.84. The summed E-state index contributed by atoms with van der Waals surface area (Å²) in [4.78, 5) is 10.5. The molecule has 0 aliphatic carbocycles. The molecule has 0 aliphatic heterocycles. The van der Waals surface area contributed by atoms with Crippen molar-refractivity contribution in [2.45, 2.75) is 44.7 Å². The van der Waals surface area contributed by atoms with Gasteiger partial charge in [-0.05, 0) is 33.1 Å². The molecule has 0 saturated heterocycles. The summed E-state index contributed by atoms with van der Waals surface area (Å²) in [5.74, 6) is -0.440. The Morgan fingerprint density at radius 2 is 2.00 bits per heavy atom. The Morgan fingerprint density at radius 3 is 2.33 bits per heavy atom. The number of hydrogen-bond acceptors (Lipinski definition) is 3. The fourth-order valence-electron chi connectivity index (χ4n) is 0.920. The highest BCUT2D eigenvalue weighted by atomic mass is 16.1. The fraction of sp³-hybridized carbons (Fsp3) is 0.875. The van der Waals surface area contributed by atoms with Crippen LogP contribution in [0.1, 0.15) is 33.1 Å². The van der Waals surface area contributed by atoms with Crippen molar-refractivity contribution in [1.82, 2.24) is 0 Å². The predicted molar refractivity (Wildman–Crippen MR) is 49.3 cm³/mol. The zero-order chi connectivity index (χ0) is 9.78. The maximum atomic E-state index is 10.5. The molecule has 0 bridgehead atoms. The Morgan fingerprint density at radius 1 is 1.50 bits per heavy atom. The maximum absolute atomic E-state index is 10.5. The number of carbonyl (C=O) groups is 1. The van der Waals surface area contributed by atoms with Gasteiger partial charge in [0.15, 0.2) is 0 Å². The van der Waals surface area contributed by atoms with Crippen molar-refractivity contribution >= 4 is 5.91 Å². The summed E-state index contributed by atoms with van der Waals surface area (Å²) < 4.78 is 0. The second-order valence-corrected chi connectivity index (χ2v) is 3.89. The quantitative estimate of drug-likeness (QED) is 0.533. The minimum Gasteiger partial charge on any atom is -0.368 e. The predicted octanol–water partition coefficient (Wildman–Crippen LogP) is -0.293. The number of amides is 1. The van der Waals surface area contributed by atoms with Crippen LogP contribution in [0.15, 0.2) is 0 Å². The van der Waals surface area contributed by atoms with Crippen LogP contribution < -0.4 is 17.2 Å². The topological polar surface area (TPSA) is 95.1 Å². The molecule has 0 spiro atoms. The van der Waals surface area contributed by atoms with Gasteiger partial charge in [-0.15, -0.1) is 0 Å². The third-order valence-corrected chi connectivity index (χ3v) is 1.70. The number of hydrogen-bond donors (Lipinski definition) is 3. The van der Waals surface area contributed by atoms with Gasteiger partial charge in [0.1, 0.15) is 0 Å². The molecule has 12 heavy (non-hydrogen) atoms. The Hall–Kier alpha value is -0.610. The van der Waals surface area contributed by atoms with Crippen molar-refractivity contribution < 1.29 is 4.79 Å². The summed E-state index contributed by atoms with van der Waals surface area (Å²) in [7, 11) is 0. The molecule has 0 heterocycles. The second kappa shape index (κ2) is 4.42. The van der Waals surface area contributed by atoms with Crippen LogP contribution in [-0.4, -0.2) is 17.5 Å². The van der Waals surface area contributed by atoms with Gasteiger partial charge < -0.3 is 17.2 Å². The first-order valence-corrected chi connectivity index (χ1v) is 4.17. The number of rotatable bonds is 5. The molecule has 0 aromatic heterocycles. The lowest BCUT2D eigenvalue weighted by molar-refractivity contribution is -0.119. The van der Waals surface area contributed by atoms with Gasteiger partial charge in [0.2, 0.25) is 5.91 Å². The van der Waals surface area contributed by atoms with Crippen LogP contribution in [0.25, 0.3) is 0 Å². The van der Waals surface area contributed by atoms with E-state index in [0.717, 1.165) is 12.8 Å². The van der Waals surface area contributed by atoms with E-state index in [1.54, 1.807) is 0 Å². The van der Waals surface area contributed by atoms with E-state index in [4.69, 9.17) is 17.2 Å². The smallest absolute Gasteiger partial charge is 0.234 e. The van der Waals surface area contributed by atoms with Crippen LogP contribution in [0.4, 0.5) is 0 Å². The fourth-order valence-corrected chi connectivity index (χ4v) is 0.920. The number of nitrogens with two attached hydrogens (primary N) is 3. The van der Waals surface area contributed by atoms with E-state index in [1.165, 1.54) is 0 Å². The Balaban J connectivity index is 3.51. The van der Waals surface area contributed by atoms with Crippen LogP contribution >= 0.6 is 0 Å². The molecule has 0 saturated carbocycles. The molecule has 4 heteroatoms. The summed E-state index contributed by atoms with van der Waals surface area (Å²) in [5, 5.41) is 0. The molecule has 0 aromatic rings. The van der Waals surface area contributed by atoms with Gasteiger partial charge in [-0.2, -0.15) is 0 Å². The molecular weight excluding hydrogens is 154 g/mol. The van der Waals surface area contributed by atoms with Crippen LogP contribution in [0, 0.1) is 0 Å². The molecule has 0 rings (SSSR count). The highest BCUT2D eigenvalue weighted by Crippen LogP contribution is 2.09. The van der Waals surface area contributed by atoms with Crippen LogP contribution in [0.3, 0.4) is 0 Å². The molecule has 0 aliphatic rings. The summed E-state index contributed by atoms with van der Waals surface area (Å²) >= 11 is 0. The highest BCUT2D eigenvalue weighted by Gasteiger charge is 2.13. The van der Waals surface area contributed by atoms with Gasteiger partial charge in [-0.1, -0.05) is 0 Å². The lowest BCUT2D eigenvalue weighted by Crippen LogP contribution is -2.37. The third kappa shape index (κ3) is 6.12. The zero-order valence-electron chi connectivity index (χ0n) is 7.84. The highest BCUT2D eigenvalue weighted by molar-refractivity contribution is 5.79. The summed E-state index contributed by atoms with van der Waals surface area (Å²) in [6.07, 6.45) is 2.32. The van der Waals surface area contributed by atoms with Gasteiger partial charge in [0.25, 0.3) is 0 Å². The summed E-state index contributed by atoms with van der Waals surface area (Å²) in [5.41, 5.74) is 16.0. The van der Waals surface area contributed by atoms with Crippen LogP contribution in [0.2, 0.25) is 0 Å². The van der Waals surface area contributed by atoms with E-state index in [2.05, 4.69) is 0 Å². The van der Waals surface area contributed by atoms with E-state index in [1.807, 2.05) is 13.8 Å². The molecule has 0 radical (unpaired) electrons. The molecule has 1 atom stereocenters. The molecule has 0 fully saturated rings. The Labute approximate surface area is 73.5 Å². The molecule has 0 unspecified atom stereocenters. The van der Waals surface area contributed by atoms with E-state index in [0.29, 0.717) is 6.42 Å². The van der Waals surface area contributed by atoms with Crippen molar-refractivity contribution in [3.8, 4) is 0 Å². The van der Waals surface area contributed by atoms with Gasteiger partial charge in [-0.25, -0.2) is 0 Å². The minimum atomic E-state index is -0.521. The van der Waals surface area contributed by atoms with Crippen molar-refractivity contribution in [1.29, 1.82) is 0 Å². The Bertz CT molecular complexity index is 151. The first-order valence-electron chi connectivity index (χ1n) is 4.17. The van der Waals surface area contributed by atoms with Gasteiger partial charge >= 0.3 is 0 Å². The van der Waals surface area contributed by atoms with Gasteiger partial charge in [0, 0.05) is 5.54 Å². The number of primary amides is 1. The first kappa shape index (κ1) is 11.4.